The van der Waals surface area contributed by atoms with Gasteiger partial charge >= 0.3 is 0 Å². The van der Waals surface area contributed by atoms with Gasteiger partial charge in [0.2, 0.25) is 5.28 Å². The molecule has 0 spiro atoms. The number of hydrogen-bond donors (Lipinski definition) is 2. The average Bonchev–Trinajstić information content (AvgIpc) is 2.36. The van der Waals surface area contributed by atoms with Crippen molar-refractivity contribution < 1.29 is 9.84 Å². The van der Waals surface area contributed by atoms with Gasteiger partial charge in [0.15, 0.2) is 11.6 Å². The van der Waals surface area contributed by atoms with Crippen molar-refractivity contribution >= 4 is 17.4 Å². The first kappa shape index (κ1) is 15.0. The van der Waals surface area contributed by atoms with Crippen LogP contribution in [0.2, 0.25) is 5.28 Å². The van der Waals surface area contributed by atoms with Crippen LogP contribution in [0.4, 0.5) is 5.82 Å². The Morgan fingerprint density at radius 1 is 1.50 bits per heavy atom. The van der Waals surface area contributed by atoms with Gasteiger partial charge in [-0.2, -0.15) is 4.98 Å². The number of nitrogens with zero attached hydrogens (tertiary/aromatic N) is 2. The second-order valence-corrected chi connectivity index (χ2v) is 4.39. The molecule has 1 atom stereocenters. The van der Waals surface area contributed by atoms with Gasteiger partial charge in [-0.25, -0.2) is 4.98 Å². The molecule has 5 nitrogen and oxygen atoms in total. The molecular weight excluding hydrogens is 254 g/mol. The predicted octanol–water partition coefficient (Wildman–Crippen LogP) is 2.49. The second kappa shape index (κ2) is 8.11. The lowest BCUT2D eigenvalue weighted by molar-refractivity contribution is 0.276. The number of nitrogens with one attached hydrogen (secondary N) is 1. The van der Waals surface area contributed by atoms with E-state index < -0.39 is 0 Å². The number of aliphatic hydroxyl groups is 1. The number of ether oxygens (including phenoxy) is 1. The molecule has 102 valence electrons. The van der Waals surface area contributed by atoms with Gasteiger partial charge < -0.3 is 15.2 Å². The number of aromatic nitrogens is 2. The number of anilines is 1. The van der Waals surface area contributed by atoms with Crippen LogP contribution in [0.25, 0.3) is 0 Å². The minimum absolute atomic E-state index is 0.141. The molecule has 0 saturated carbocycles. The molecule has 0 aliphatic carbocycles. The molecule has 0 saturated heterocycles. The Hall–Kier alpha value is -1.07. The zero-order valence-corrected chi connectivity index (χ0v) is 11.6. The Bertz CT molecular complexity index is 363. The Morgan fingerprint density at radius 2 is 2.28 bits per heavy atom. The molecule has 0 aliphatic heterocycles. The Balaban J connectivity index is 2.74. The fraction of sp³-hybridized carbons (Fsp3) is 0.667. The molecule has 0 fully saturated rings. The summed E-state index contributed by atoms with van der Waals surface area (Å²) in [5.41, 5.74) is 0. The topological polar surface area (TPSA) is 67.3 Å². The molecule has 1 aromatic rings. The van der Waals surface area contributed by atoms with Crippen molar-refractivity contribution in [3.8, 4) is 5.75 Å². The highest BCUT2D eigenvalue weighted by Crippen LogP contribution is 2.24. The lowest BCUT2D eigenvalue weighted by Gasteiger charge is -2.19. The van der Waals surface area contributed by atoms with E-state index in [0.717, 1.165) is 19.3 Å². The molecule has 6 heteroatoms. The van der Waals surface area contributed by atoms with Crippen molar-refractivity contribution in [1.29, 1.82) is 0 Å². The number of rotatable bonds is 8. The highest BCUT2D eigenvalue weighted by molar-refractivity contribution is 6.28. The number of methoxy groups -OCH3 is 1. The van der Waals surface area contributed by atoms with Gasteiger partial charge in [0, 0.05) is 12.6 Å². The van der Waals surface area contributed by atoms with Crippen molar-refractivity contribution in [3.05, 3.63) is 11.5 Å². The molecule has 18 heavy (non-hydrogen) atoms. The van der Waals surface area contributed by atoms with E-state index in [4.69, 9.17) is 21.4 Å². The predicted molar refractivity (Wildman–Crippen MR) is 72.2 cm³/mol. The molecule has 1 heterocycles. The molecule has 1 aromatic heterocycles. The van der Waals surface area contributed by atoms with Crippen molar-refractivity contribution in [2.24, 2.45) is 0 Å². The summed E-state index contributed by atoms with van der Waals surface area (Å²) in [6, 6.07) is 0.162. The molecule has 0 amide bonds. The highest BCUT2D eigenvalue weighted by Gasteiger charge is 2.13. The van der Waals surface area contributed by atoms with Crippen LogP contribution in [-0.4, -0.2) is 34.8 Å². The summed E-state index contributed by atoms with van der Waals surface area (Å²) in [5.74, 6) is 1.13. The first-order valence-corrected chi connectivity index (χ1v) is 6.53. The van der Waals surface area contributed by atoms with E-state index in [9.17, 15) is 0 Å². The maximum Gasteiger partial charge on any atom is 0.224 e. The summed E-state index contributed by atoms with van der Waals surface area (Å²) in [6.45, 7) is 2.28. The van der Waals surface area contributed by atoms with E-state index in [1.807, 2.05) is 0 Å². The van der Waals surface area contributed by atoms with Gasteiger partial charge in [0.25, 0.3) is 0 Å². The fourth-order valence-corrected chi connectivity index (χ4v) is 1.82. The number of aliphatic hydroxyl groups excluding tert-OH is 1. The third kappa shape index (κ3) is 4.66. The normalized spacial score (nSPS) is 12.2. The average molecular weight is 274 g/mol. The Labute approximate surface area is 113 Å². The molecule has 0 aliphatic rings. The minimum Gasteiger partial charge on any atom is -0.491 e. The Morgan fingerprint density at radius 3 is 2.89 bits per heavy atom. The number of hydrogen-bond acceptors (Lipinski definition) is 5. The summed E-state index contributed by atoms with van der Waals surface area (Å²) in [5, 5.41) is 12.5. The van der Waals surface area contributed by atoms with Crippen LogP contribution < -0.4 is 10.1 Å². The fourth-order valence-electron chi connectivity index (χ4n) is 1.69. The number of unbranched alkanes of at least 4 members (excludes halogenated alkanes) is 1. The van der Waals surface area contributed by atoms with Crippen LogP contribution >= 0.6 is 11.6 Å². The van der Waals surface area contributed by atoms with E-state index in [2.05, 4.69) is 22.2 Å². The van der Waals surface area contributed by atoms with Crippen LogP contribution in [0.5, 0.6) is 5.75 Å². The maximum atomic E-state index is 9.07. The van der Waals surface area contributed by atoms with Crippen LogP contribution in [0.15, 0.2) is 6.20 Å². The van der Waals surface area contributed by atoms with Crippen LogP contribution in [0.1, 0.15) is 32.6 Å². The van der Waals surface area contributed by atoms with Crippen LogP contribution in [-0.2, 0) is 0 Å². The van der Waals surface area contributed by atoms with Crippen molar-refractivity contribution in [1.82, 2.24) is 9.97 Å². The quantitative estimate of drug-likeness (QED) is 0.713. The molecule has 2 N–H and O–H groups in total. The van der Waals surface area contributed by atoms with E-state index in [-0.39, 0.29) is 17.9 Å². The van der Waals surface area contributed by atoms with E-state index >= 15 is 0 Å². The van der Waals surface area contributed by atoms with Gasteiger partial charge in [0.1, 0.15) is 0 Å². The third-order valence-electron chi connectivity index (χ3n) is 2.67. The largest absolute Gasteiger partial charge is 0.491 e. The molecular formula is C12H20ClN3O2. The Kier molecular flexibility index (Phi) is 6.75. The summed E-state index contributed by atoms with van der Waals surface area (Å²) in [4.78, 5) is 7.98. The second-order valence-electron chi connectivity index (χ2n) is 4.05. The summed E-state index contributed by atoms with van der Waals surface area (Å²) in [7, 11) is 1.56. The van der Waals surface area contributed by atoms with E-state index in [0.29, 0.717) is 18.0 Å². The van der Waals surface area contributed by atoms with Gasteiger partial charge in [-0.15, -0.1) is 0 Å². The maximum absolute atomic E-state index is 9.07. The summed E-state index contributed by atoms with van der Waals surface area (Å²) in [6.07, 6.45) is 5.39. The van der Waals surface area contributed by atoms with Gasteiger partial charge in [-0.05, 0) is 24.4 Å². The third-order valence-corrected chi connectivity index (χ3v) is 2.85. The van der Waals surface area contributed by atoms with Gasteiger partial charge in [-0.1, -0.05) is 19.8 Å². The first-order valence-electron chi connectivity index (χ1n) is 6.15. The lowest BCUT2D eigenvalue weighted by Crippen LogP contribution is -2.22. The number of halogens is 1. The summed E-state index contributed by atoms with van der Waals surface area (Å²) >= 11 is 5.77. The van der Waals surface area contributed by atoms with Crippen molar-refractivity contribution in [2.45, 2.75) is 38.6 Å². The van der Waals surface area contributed by atoms with Crippen molar-refractivity contribution in [3.63, 3.8) is 0 Å². The first-order chi connectivity index (χ1) is 8.71. The molecule has 1 rings (SSSR count). The van der Waals surface area contributed by atoms with Gasteiger partial charge in [0.05, 0.1) is 13.3 Å². The molecule has 0 radical (unpaired) electrons. The lowest BCUT2D eigenvalue weighted by atomic mass is 10.1. The zero-order valence-electron chi connectivity index (χ0n) is 10.8. The van der Waals surface area contributed by atoms with Crippen LogP contribution in [0.3, 0.4) is 0 Å². The standard InChI is InChI=1S/C12H20ClN3O2/c1-3-4-5-9(6-7-17)15-11-10(18-2)8-14-12(13)16-11/h8-9,17H,3-7H2,1-2H3,(H,14,15,16)/t9-/m0/s1. The minimum atomic E-state index is 0.141. The van der Waals surface area contributed by atoms with Gasteiger partial charge in [-0.3, -0.25) is 0 Å². The highest BCUT2D eigenvalue weighted by atomic mass is 35.5. The smallest absolute Gasteiger partial charge is 0.224 e. The van der Waals surface area contributed by atoms with E-state index in [1.165, 1.54) is 6.20 Å². The monoisotopic (exact) mass is 273 g/mol. The summed E-state index contributed by atoms with van der Waals surface area (Å²) < 4.78 is 5.18. The molecule has 0 bridgehead atoms. The molecule has 0 unspecified atom stereocenters. The van der Waals surface area contributed by atoms with Crippen LogP contribution in [0, 0.1) is 0 Å². The van der Waals surface area contributed by atoms with E-state index in [1.54, 1.807) is 7.11 Å². The zero-order chi connectivity index (χ0) is 13.4. The SMILES string of the molecule is CCCC[C@@H](CCO)Nc1nc(Cl)ncc1OC. The van der Waals surface area contributed by atoms with Crippen molar-refractivity contribution in [2.75, 3.05) is 19.0 Å². The molecule has 0 aromatic carbocycles.